The fourth-order valence-corrected chi connectivity index (χ4v) is 8.15. The number of para-hydroxylation sites is 3. The Morgan fingerprint density at radius 3 is 1.73 bits per heavy atom. The third-order valence-corrected chi connectivity index (χ3v) is 10.7. The normalized spacial score (nSPS) is 11.6. The molecule has 0 radical (unpaired) electrons. The average Bonchev–Trinajstić information content (AvgIpc) is 3.82. The first-order valence-corrected chi connectivity index (χ1v) is 18.8. The lowest BCUT2D eigenvalue weighted by molar-refractivity contribution is 0.669. The number of fused-ring (bicyclic) bond motifs is 6. The molecule has 0 unspecified atom stereocenters. The van der Waals surface area contributed by atoms with Gasteiger partial charge in [0.05, 0.1) is 16.7 Å². The van der Waals surface area contributed by atoms with Crippen molar-refractivity contribution in [1.82, 2.24) is 19.5 Å². The van der Waals surface area contributed by atoms with Crippen LogP contribution in [0.3, 0.4) is 0 Å². The number of benzene rings is 8. The van der Waals surface area contributed by atoms with Crippen LogP contribution in [0.1, 0.15) is 0 Å². The van der Waals surface area contributed by atoms with E-state index in [1.54, 1.807) is 0 Å². The molecule has 0 spiro atoms. The van der Waals surface area contributed by atoms with E-state index in [1.807, 2.05) is 60.7 Å². The molecule has 11 aromatic rings. The van der Waals surface area contributed by atoms with E-state index in [0.717, 1.165) is 66.5 Å². The molecule has 0 bridgehead atoms. The Bertz CT molecular complexity index is 3250. The van der Waals surface area contributed by atoms with E-state index in [4.69, 9.17) is 19.4 Å². The van der Waals surface area contributed by atoms with Gasteiger partial charge < -0.3 is 8.98 Å². The fourth-order valence-electron chi connectivity index (χ4n) is 8.15. The number of hydrogen-bond donors (Lipinski definition) is 0. The molecule has 5 nitrogen and oxygen atoms in total. The third kappa shape index (κ3) is 5.21. The highest BCUT2D eigenvalue weighted by atomic mass is 16.3. The molecule has 0 saturated carbocycles. The molecule has 56 heavy (non-hydrogen) atoms. The summed E-state index contributed by atoms with van der Waals surface area (Å²) in [6, 6.07) is 67.5. The van der Waals surface area contributed by atoms with Crippen LogP contribution in [0.4, 0.5) is 0 Å². The summed E-state index contributed by atoms with van der Waals surface area (Å²) in [5.41, 5.74) is 12.2. The summed E-state index contributed by atoms with van der Waals surface area (Å²) < 4.78 is 8.68. The smallest absolute Gasteiger partial charge is 0.164 e. The maximum Gasteiger partial charge on any atom is 0.164 e. The Labute approximate surface area is 322 Å². The zero-order chi connectivity index (χ0) is 37.0. The van der Waals surface area contributed by atoms with Gasteiger partial charge in [-0.1, -0.05) is 158 Å². The first kappa shape index (κ1) is 31.9. The molecule has 0 amide bonds. The minimum atomic E-state index is 0.589. The van der Waals surface area contributed by atoms with Gasteiger partial charge in [-0.25, -0.2) is 15.0 Å². The second-order valence-corrected chi connectivity index (χ2v) is 14.0. The molecule has 0 saturated heterocycles. The molecule has 0 fully saturated rings. The number of furan rings is 1. The second-order valence-electron chi connectivity index (χ2n) is 14.0. The number of aromatic nitrogens is 4. The topological polar surface area (TPSA) is 56.7 Å². The van der Waals surface area contributed by atoms with Crippen molar-refractivity contribution in [3.63, 3.8) is 0 Å². The fraction of sp³-hybridized carbons (Fsp3) is 0. The lowest BCUT2D eigenvalue weighted by Gasteiger charge is -2.17. The summed E-state index contributed by atoms with van der Waals surface area (Å²) in [5.74, 6) is 1.79. The van der Waals surface area contributed by atoms with Gasteiger partial charge in [0, 0.05) is 43.8 Å². The van der Waals surface area contributed by atoms with Crippen LogP contribution >= 0.6 is 0 Å². The minimum Gasteiger partial charge on any atom is -0.456 e. The summed E-state index contributed by atoms with van der Waals surface area (Å²) in [7, 11) is 0. The molecule has 0 aliphatic rings. The SMILES string of the molecule is c1ccc(-c2ccc3c(c2)c2ccccc2n3-c2ccccc2-c2ccccc2-c2nc(-c3ccccc3)nc(-c3cccc4oc5ccccc5c34)n2)cc1. The van der Waals surface area contributed by atoms with Gasteiger partial charge in [-0.3, -0.25) is 0 Å². The van der Waals surface area contributed by atoms with Crippen LogP contribution in [0.25, 0.3) is 106 Å². The van der Waals surface area contributed by atoms with Gasteiger partial charge in [0.15, 0.2) is 17.5 Å². The first-order chi connectivity index (χ1) is 27.8. The van der Waals surface area contributed by atoms with Gasteiger partial charge >= 0.3 is 0 Å². The number of hydrogen-bond acceptors (Lipinski definition) is 4. The minimum absolute atomic E-state index is 0.589. The summed E-state index contributed by atoms with van der Waals surface area (Å²) in [4.78, 5) is 15.6. The van der Waals surface area contributed by atoms with E-state index in [0.29, 0.717) is 17.5 Å². The van der Waals surface area contributed by atoms with Crippen molar-refractivity contribution in [3.05, 3.63) is 194 Å². The van der Waals surface area contributed by atoms with Crippen LogP contribution in [0.2, 0.25) is 0 Å². The highest BCUT2D eigenvalue weighted by molar-refractivity contribution is 6.12. The summed E-state index contributed by atoms with van der Waals surface area (Å²) in [5, 5.41) is 4.43. The zero-order valence-electron chi connectivity index (χ0n) is 30.2. The van der Waals surface area contributed by atoms with Gasteiger partial charge in [-0.15, -0.1) is 0 Å². The largest absolute Gasteiger partial charge is 0.456 e. The zero-order valence-corrected chi connectivity index (χ0v) is 30.2. The Balaban J connectivity index is 1.13. The van der Waals surface area contributed by atoms with Crippen LogP contribution in [0.15, 0.2) is 199 Å². The molecule has 0 aliphatic carbocycles. The standard InChI is InChI=1S/C51H32N4O/c1-3-16-33(17-4-1)35-30-31-45-42(32-35)38-22-10-13-27-44(38)55(45)43-26-12-9-21-37(43)36-20-7-8-23-39(36)50-52-49(34-18-5-2-6-19-34)53-51(54-50)41-25-15-29-47-48(41)40-24-11-14-28-46(40)56-47/h1-32H. The number of rotatable bonds is 6. The van der Waals surface area contributed by atoms with E-state index in [9.17, 15) is 0 Å². The van der Waals surface area contributed by atoms with Crippen molar-refractivity contribution in [2.75, 3.05) is 0 Å². The first-order valence-electron chi connectivity index (χ1n) is 18.8. The number of nitrogens with zero attached hydrogens (tertiary/aromatic N) is 4. The van der Waals surface area contributed by atoms with Crippen LogP contribution in [0.5, 0.6) is 0 Å². The molecule has 8 aromatic carbocycles. The van der Waals surface area contributed by atoms with Gasteiger partial charge in [0.1, 0.15) is 11.2 Å². The highest BCUT2D eigenvalue weighted by Gasteiger charge is 2.21. The Kier molecular flexibility index (Phi) is 7.42. The highest BCUT2D eigenvalue weighted by Crippen LogP contribution is 2.41. The predicted molar refractivity (Wildman–Crippen MR) is 229 cm³/mol. The van der Waals surface area contributed by atoms with Crippen molar-refractivity contribution < 1.29 is 4.42 Å². The van der Waals surface area contributed by atoms with Gasteiger partial charge in [0.2, 0.25) is 0 Å². The van der Waals surface area contributed by atoms with Crippen molar-refractivity contribution in [2.45, 2.75) is 0 Å². The summed E-state index contributed by atoms with van der Waals surface area (Å²) >= 11 is 0. The van der Waals surface area contributed by atoms with Crippen molar-refractivity contribution in [2.24, 2.45) is 0 Å². The van der Waals surface area contributed by atoms with Crippen LogP contribution < -0.4 is 0 Å². The van der Waals surface area contributed by atoms with E-state index in [1.165, 1.54) is 21.9 Å². The molecule has 3 aromatic heterocycles. The van der Waals surface area contributed by atoms with E-state index in [-0.39, 0.29) is 0 Å². The van der Waals surface area contributed by atoms with Crippen LogP contribution in [0, 0.1) is 0 Å². The summed E-state index contributed by atoms with van der Waals surface area (Å²) in [6.45, 7) is 0. The van der Waals surface area contributed by atoms with E-state index in [2.05, 4.69) is 138 Å². The lowest BCUT2D eigenvalue weighted by Crippen LogP contribution is -2.02. The Morgan fingerprint density at radius 1 is 0.339 bits per heavy atom. The molecule has 3 heterocycles. The van der Waals surface area contributed by atoms with Crippen LogP contribution in [-0.4, -0.2) is 19.5 Å². The molecule has 0 aliphatic heterocycles. The molecule has 0 atom stereocenters. The molecule has 5 heteroatoms. The van der Waals surface area contributed by atoms with Gasteiger partial charge in [-0.05, 0) is 53.1 Å². The Morgan fingerprint density at radius 2 is 0.911 bits per heavy atom. The van der Waals surface area contributed by atoms with E-state index >= 15 is 0 Å². The average molecular weight is 717 g/mol. The van der Waals surface area contributed by atoms with Gasteiger partial charge in [-0.2, -0.15) is 0 Å². The quantitative estimate of drug-likeness (QED) is 0.172. The van der Waals surface area contributed by atoms with Crippen molar-refractivity contribution in [3.8, 4) is 62.1 Å². The maximum atomic E-state index is 6.29. The van der Waals surface area contributed by atoms with Crippen molar-refractivity contribution in [1.29, 1.82) is 0 Å². The predicted octanol–water partition coefficient (Wildman–Crippen LogP) is 13.2. The third-order valence-electron chi connectivity index (χ3n) is 10.7. The van der Waals surface area contributed by atoms with Crippen molar-refractivity contribution >= 4 is 43.7 Å². The van der Waals surface area contributed by atoms with E-state index < -0.39 is 0 Å². The Hall–Kier alpha value is -7.63. The maximum absolute atomic E-state index is 6.29. The monoisotopic (exact) mass is 716 g/mol. The lowest BCUT2D eigenvalue weighted by atomic mass is 9.97. The van der Waals surface area contributed by atoms with Crippen LogP contribution in [-0.2, 0) is 0 Å². The molecule has 0 N–H and O–H groups in total. The molecule has 11 rings (SSSR count). The second kappa shape index (κ2) is 13.0. The molecular weight excluding hydrogens is 685 g/mol. The van der Waals surface area contributed by atoms with Gasteiger partial charge in [0.25, 0.3) is 0 Å². The molecular formula is C51H32N4O. The molecule has 262 valence electrons. The summed E-state index contributed by atoms with van der Waals surface area (Å²) in [6.07, 6.45) is 0.